The lowest BCUT2D eigenvalue weighted by Gasteiger charge is -2.14. The van der Waals surface area contributed by atoms with Crippen LogP contribution in [0.3, 0.4) is 0 Å². The molecule has 0 aliphatic rings. The molecule has 0 aliphatic heterocycles. The monoisotopic (exact) mass is 339 g/mol. The molecule has 2 rings (SSSR count). The fraction of sp³-hybridized carbons (Fsp3) is 0.533. The summed E-state index contributed by atoms with van der Waals surface area (Å²) in [7, 11) is 1.72. The van der Waals surface area contributed by atoms with Crippen LogP contribution in [0.4, 0.5) is 0 Å². The van der Waals surface area contributed by atoms with Crippen molar-refractivity contribution in [1.82, 2.24) is 9.55 Å². The lowest BCUT2D eigenvalue weighted by atomic mass is 10.1. The first-order chi connectivity index (χ1) is 9.67. The van der Waals surface area contributed by atoms with Crippen LogP contribution >= 0.6 is 15.9 Å². The standard InChI is InChI=1S/C15H22BrN3O/c1-3-8-19-14-7-6-11(16)10-13(14)18-15(19)12(17)5-4-9-20-2/h6-7,10,12H,3-5,8-9,17H2,1-2H3. The molecule has 0 saturated carbocycles. The van der Waals surface area contributed by atoms with Crippen molar-refractivity contribution >= 4 is 27.0 Å². The summed E-state index contributed by atoms with van der Waals surface area (Å²) in [6.45, 7) is 3.86. The van der Waals surface area contributed by atoms with Crippen molar-refractivity contribution in [2.45, 2.75) is 38.8 Å². The Bertz CT molecular complexity index is 567. The molecular formula is C15H22BrN3O. The topological polar surface area (TPSA) is 53.1 Å². The molecular weight excluding hydrogens is 318 g/mol. The predicted molar refractivity (Wildman–Crippen MR) is 85.8 cm³/mol. The first kappa shape index (κ1) is 15.5. The minimum Gasteiger partial charge on any atom is -0.385 e. The number of aromatic nitrogens is 2. The Morgan fingerprint density at radius 1 is 1.45 bits per heavy atom. The number of halogens is 1. The molecule has 1 atom stereocenters. The van der Waals surface area contributed by atoms with E-state index < -0.39 is 0 Å². The van der Waals surface area contributed by atoms with Crippen molar-refractivity contribution in [3.8, 4) is 0 Å². The molecule has 2 aromatic rings. The van der Waals surface area contributed by atoms with Gasteiger partial charge in [-0.25, -0.2) is 4.98 Å². The summed E-state index contributed by atoms with van der Waals surface area (Å²) in [5.41, 5.74) is 8.48. The largest absolute Gasteiger partial charge is 0.385 e. The number of nitrogens with two attached hydrogens (primary N) is 1. The number of rotatable bonds is 7. The van der Waals surface area contributed by atoms with Crippen molar-refractivity contribution in [3.63, 3.8) is 0 Å². The zero-order valence-corrected chi connectivity index (χ0v) is 13.7. The molecule has 0 aliphatic carbocycles. The molecule has 5 heteroatoms. The van der Waals surface area contributed by atoms with E-state index in [2.05, 4.69) is 39.6 Å². The highest BCUT2D eigenvalue weighted by atomic mass is 79.9. The lowest BCUT2D eigenvalue weighted by molar-refractivity contribution is 0.190. The Morgan fingerprint density at radius 2 is 2.25 bits per heavy atom. The molecule has 1 heterocycles. The van der Waals surface area contributed by atoms with Crippen molar-refractivity contribution < 1.29 is 4.74 Å². The quantitative estimate of drug-likeness (QED) is 0.783. The second-order valence-corrected chi connectivity index (χ2v) is 5.91. The molecule has 1 aromatic carbocycles. The molecule has 0 saturated heterocycles. The van der Waals surface area contributed by atoms with Gasteiger partial charge in [-0.1, -0.05) is 22.9 Å². The number of nitrogens with zero attached hydrogens (tertiary/aromatic N) is 2. The molecule has 0 bridgehead atoms. The van der Waals surface area contributed by atoms with E-state index in [1.54, 1.807) is 7.11 Å². The zero-order chi connectivity index (χ0) is 14.5. The number of methoxy groups -OCH3 is 1. The van der Waals surface area contributed by atoms with Crippen molar-refractivity contribution in [1.29, 1.82) is 0 Å². The van der Waals surface area contributed by atoms with Crippen LogP contribution in [0, 0.1) is 0 Å². The Labute approximate surface area is 128 Å². The van der Waals surface area contributed by atoms with Crippen LogP contribution < -0.4 is 5.73 Å². The molecule has 4 nitrogen and oxygen atoms in total. The fourth-order valence-corrected chi connectivity index (χ4v) is 2.79. The van der Waals surface area contributed by atoms with Gasteiger partial charge in [0.1, 0.15) is 5.82 Å². The van der Waals surface area contributed by atoms with Gasteiger partial charge in [-0.05, 0) is 37.5 Å². The first-order valence-corrected chi connectivity index (χ1v) is 7.86. The van der Waals surface area contributed by atoms with E-state index in [4.69, 9.17) is 15.5 Å². The van der Waals surface area contributed by atoms with Crippen LogP contribution in [0.5, 0.6) is 0 Å². The van der Waals surface area contributed by atoms with Crippen LogP contribution in [-0.2, 0) is 11.3 Å². The highest BCUT2D eigenvalue weighted by molar-refractivity contribution is 9.10. The van der Waals surface area contributed by atoms with Crippen LogP contribution in [-0.4, -0.2) is 23.3 Å². The van der Waals surface area contributed by atoms with E-state index in [9.17, 15) is 0 Å². The maximum atomic E-state index is 6.32. The molecule has 1 aromatic heterocycles. The van der Waals surface area contributed by atoms with Gasteiger partial charge in [0.15, 0.2) is 0 Å². The summed E-state index contributed by atoms with van der Waals surface area (Å²) >= 11 is 3.50. The van der Waals surface area contributed by atoms with Gasteiger partial charge in [-0.15, -0.1) is 0 Å². The summed E-state index contributed by atoms with van der Waals surface area (Å²) in [4.78, 5) is 4.74. The number of hydrogen-bond donors (Lipinski definition) is 1. The van der Waals surface area contributed by atoms with Gasteiger partial charge in [0.05, 0.1) is 17.1 Å². The van der Waals surface area contributed by atoms with Gasteiger partial charge in [-0.3, -0.25) is 0 Å². The van der Waals surface area contributed by atoms with Gasteiger partial charge >= 0.3 is 0 Å². The molecule has 0 spiro atoms. The third kappa shape index (κ3) is 3.40. The van der Waals surface area contributed by atoms with E-state index in [0.717, 1.165) is 53.7 Å². The SMILES string of the molecule is CCCn1c(C(N)CCCOC)nc2cc(Br)ccc21. The van der Waals surface area contributed by atoms with Crippen LogP contribution in [0.15, 0.2) is 22.7 Å². The van der Waals surface area contributed by atoms with E-state index in [0.29, 0.717) is 0 Å². The van der Waals surface area contributed by atoms with Gasteiger partial charge in [0, 0.05) is 24.7 Å². The average Bonchev–Trinajstić information content (AvgIpc) is 2.77. The molecule has 20 heavy (non-hydrogen) atoms. The van der Waals surface area contributed by atoms with Crippen molar-refractivity contribution in [3.05, 3.63) is 28.5 Å². The first-order valence-electron chi connectivity index (χ1n) is 7.07. The van der Waals surface area contributed by atoms with Crippen LogP contribution in [0.2, 0.25) is 0 Å². The smallest absolute Gasteiger partial charge is 0.126 e. The second kappa shape index (κ2) is 7.20. The summed E-state index contributed by atoms with van der Waals surface area (Å²) < 4.78 is 8.39. The van der Waals surface area contributed by atoms with Crippen LogP contribution in [0.1, 0.15) is 38.1 Å². The number of benzene rings is 1. The molecule has 0 fully saturated rings. The number of aryl methyl sites for hydroxylation is 1. The Kier molecular flexibility index (Phi) is 5.57. The average molecular weight is 340 g/mol. The summed E-state index contributed by atoms with van der Waals surface area (Å²) in [5.74, 6) is 0.982. The predicted octanol–water partition coefficient (Wildman–Crippen LogP) is 3.64. The van der Waals surface area contributed by atoms with Crippen molar-refractivity contribution in [2.75, 3.05) is 13.7 Å². The number of fused-ring (bicyclic) bond motifs is 1. The van der Waals surface area contributed by atoms with E-state index >= 15 is 0 Å². The summed E-state index contributed by atoms with van der Waals surface area (Å²) in [6, 6.07) is 6.17. The van der Waals surface area contributed by atoms with Gasteiger partial charge in [0.2, 0.25) is 0 Å². The van der Waals surface area contributed by atoms with Gasteiger partial charge < -0.3 is 15.0 Å². The third-order valence-electron chi connectivity index (χ3n) is 3.38. The summed E-state index contributed by atoms with van der Waals surface area (Å²) in [5, 5.41) is 0. The minimum atomic E-state index is -0.0390. The normalized spacial score (nSPS) is 13.0. The Balaban J connectivity index is 2.32. The van der Waals surface area contributed by atoms with E-state index in [-0.39, 0.29) is 6.04 Å². The Morgan fingerprint density at radius 3 is 2.95 bits per heavy atom. The fourth-order valence-electron chi connectivity index (χ4n) is 2.44. The zero-order valence-electron chi connectivity index (χ0n) is 12.1. The van der Waals surface area contributed by atoms with E-state index in [1.807, 2.05) is 6.07 Å². The third-order valence-corrected chi connectivity index (χ3v) is 3.88. The maximum Gasteiger partial charge on any atom is 0.126 e. The van der Waals surface area contributed by atoms with Gasteiger partial charge in [0.25, 0.3) is 0 Å². The molecule has 110 valence electrons. The highest BCUT2D eigenvalue weighted by Crippen LogP contribution is 2.25. The molecule has 0 amide bonds. The number of hydrogen-bond acceptors (Lipinski definition) is 3. The molecule has 2 N–H and O–H groups in total. The van der Waals surface area contributed by atoms with Gasteiger partial charge in [-0.2, -0.15) is 0 Å². The Hall–Kier alpha value is -0.910. The number of imidazole rings is 1. The maximum absolute atomic E-state index is 6.32. The molecule has 0 radical (unpaired) electrons. The minimum absolute atomic E-state index is 0.0390. The molecule has 1 unspecified atom stereocenters. The van der Waals surface area contributed by atoms with Crippen molar-refractivity contribution in [2.24, 2.45) is 5.73 Å². The number of ether oxygens (including phenoxy) is 1. The second-order valence-electron chi connectivity index (χ2n) is 5.00. The van der Waals surface area contributed by atoms with E-state index in [1.165, 1.54) is 0 Å². The van der Waals surface area contributed by atoms with Crippen LogP contribution in [0.25, 0.3) is 11.0 Å². The summed E-state index contributed by atoms with van der Waals surface area (Å²) in [6.07, 6.45) is 2.91. The lowest BCUT2D eigenvalue weighted by Crippen LogP contribution is -2.17. The highest BCUT2D eigenvalue weighted by Gasteiger charge is 2.16.